The number of carbonyl (C=O) groups is 1. The van der Waals surface area contributed by atoms with E-state index in [9.17, 15) is 9.00 Å². The van der Waals surface area contributed by atoms with Crippen LogP contribution in [0.4, 0.5) is 5.69 Å². The van der Waals surface area contributed by atoms with E-state index in [0.29, 0.717) is 16.7 Å². The molecular weight excluding hydrogens is 468 g/mol. The van der Waals surface area contributed by atoms with Crippen molar-refractivity contribution in [3.63, 3.8) is 0 Å². The minimum absolute atomic E-state index is 0.0198. The van der Waals surface area contributed by atoms with Gasteiger partial charge >= 0.3 is 5.97 Å². The lowest BCUT2D eigenvalue weighted by atomic mass is 10.0. The Morgan fingerprint density at radius 2 is 2.03 bits per heavy atom. The first-order valence-electron chi connectivity index (χ1n) is 11.2. The molecular formula is C26H28N2O4S2. The standard InChI is InChI=1S/C26H28N2O4S2/c1-17(2)28(34(31)26-27-11-12-33-26)23-14-20-5-4-6-21(20)15-24(23)32-16-22-9-7-19(13-18(22)3)8-10-25(29)30/h7-15,17H,4-6,16H2,1-3H3,(H,29,30)/b10-8+. The number of anilines is 1. The molecule has 1 atom stereocenters. The summed E-state index contributed by atoms with van der Waals surface area (Å²) >= 11 is 1.39. The highest BCUT2D eigenvalue weighted by molar-refractivity contribution is 7.88. The highest BCUT2D eigenvalue weighted by Crippen LogP contribution is 2.39. The first kappa shape index (κ1) is 24.2. The van der Waals surface area contributed by atoms with Gasteiger partial charge in [-0.1, -0.05) is 18.2 Å². The molecule has 1 N–H and O–H groups in total. The maximum Gasteiger partial charge on any atom is 0.328 e. The largest absolute Gasteiger partial charge is 0.487 e. The lowest BCUT2D eigenvalue weighted by Crippen LogP contribution is -2.33. The Morgan fingerprint density at radius 3 is 2.68 bits per heavy atom. The average molecular weight is 497 g/mol. The molecule has 0 saturated heterocycles. The summed E-state index contributed by atoms with van der Waals surface area (Å²) in [4.78, 5) is 15.1. The van der Waals surface area contributed by atoms with E-state index in [0.717, 1.165) is 47.7 Å². The molecule has 8 heteroatoms. The molecule has 6 nitrogen and oxygen atoms in total. The van der Waals surface area contributed by atoms with E-state index in [1.165, 1.54) is 22.5 Å². The van der Waals surface area contributed by atoms with E-state index in [2.05, 4.69) is 17.1 Å². The van der Waals surface area contributed by atoms with Gasteiger partial charge in [-0.3, -0.25) is 4.31 Å². The molecule has 1 heterocycles. The number of hydrogen-bond acceptors (Lipinski definition) is 5. The molecule has 0 amide bonds. The van der Waals surface area contributed by atoms with Gasteiger partial charge in [-0.15, -0.1) is 11.3 Å². The van der Waals surface area contributed by atoms with Crippen molar-refractivity contribution in [2.45, 2.75) is 57.0 Å². The van der Waals surface area contributed by atoms with E-state index in [1.807, 2.05) is 48.7 Å². The van der Waals surface area contributed by atoms with Gasteiger partial charge in [0.25, 0.3) is 0 Å². The summed E-state index contributed by atoms with van der Waals surface area (Å²) in [6.07, 6.45) is 7.53. The van der Waals surface area contributed by atoms with Crippen molar-refractivity contribution in [2.24, 2.45) is 0 Å². The molecule has 1 aliphatic carbocycles. The highest BCUT2D eigenvalue weighted by atomic mass is 32.2. The zero-order chi connectivity index (χ0) is 24.2. The van der Waals surface area contributed by atoms with Crippen LogP contribution in [0, 0.1) is 6.92 Å². The SMILES string of the molecule is Cc1cc(/C=C/C(=O)O)ccc1COc1cc2c(cc1N(C(C)C)S(=O)c1nccs1)CCC2. The van der Waals surface area contributed by atoms with Gasteiger partial charge in [0.15, 0.2) is 11.0 Å². The van der Waals surface area contributed by atoms with Gasteiger partial charge in [-0.2, -0.15) is 0 Å². The molecule has 2 aromatic carbocycles. The third kappa shape index (κ3) is 5.39. The van der Waals surface area contributed by atoms with Crippen molar-refractivity contribution >= 4 is 40.1 Å². The van der Waals surface area contributed by atoms with Crippen LogP contribution in [0.15, 0.2) is 52.3 Å². The molecule has 0 bridgehead atoms. The third-order valence-corrected chi connectivity index (χ3v) is 8.45. The summed E-state index contributed by atoms with van der Waals surface area (Å²) in [5, 5.41) is 10.7. The number of ether oxygens (including phenoxy) is 1. The smallest absolute Gasteiger partial charge is 0.328 e. The Labute approximate surface area is 206 Å². The molecule has 178 valence electrons. The Balaban J connectivity index is 1.64. The van der Waals surface area contributed by atoms with Crippen LogP contribution >= 0.6 is 11.3 Å². The van der Waals surface area contributed by atoms with Crippen molar-refractivity contribution < 1.29 is 18.8 Å². The number of benzene rings is 2. The molecule has 0 fully saturated rings. The molecule has 1 aliphatic rings. The number of carboxylic acid groups (broad SMARTS) is 1. The zero-order valence-electron chi connectivity index (χ0n) is 19.5. The first-order valence-corrected chi connectivity index (χ1v) is 13.2. The fourth-order valence-electron chi connectivity index (χ4n) is 4.12. The molecule has 3 aromatic rings. The number of carboxylic acids is 1. The summed E-state index contributed by atoms with van der Waals surface area (Å²) in [7, 11) is -1.43. The van der Waals surface area contributed by atoms with E-state index in [1.54, 1.807) is 12.3 Å². The van der Waals surface area contributed by atoms with E-state index >= 15 is 0 Å². The Hall–Kier alpha value is -2.97. The molecule has 34 heavy (non-hydrogen) atoms. The second kappa shape index (κ2) is 10.5. The van der Waals surface area contributed by atoms with Crippen LogP contribution in [-0.2, 0) is 35.2 Å². The van der Waals surface area contributed by atoms with Crippen molar-refractivity contribution in [1.29, 1.82) is 0 Å². The van der Waals surface area contributed by atoms with Crippen molar-refractivity contribution in [3.05, 3.63) is 75.8 Å². The summed E-state index contributed by atoms with van der Waals surface area (Å²) in [5.74, 6) is -0.257. The quantitative estimate of drug-likeness (QED) is 0.393. The minimum atomic E-state index is -1.43. The Morgan fingerprint density at radius 1 is 1.26 bits per heavy atom. The number of hydrogen-bond donors (Lipinski definition) is 1. The number of aryl methyl sites for hydroxylation is 3. The molecule has 0 saturated carbocycles. The van der Waals surface area contributed by atoms with Gasteiger partial charge in [0.05, 0.1) is 5.69 Å². The van der Waals surface area contributed by atoms with Gasteiger partial charge in [-0.25, -0.2) is 14.0 Å². The van der Waals surface area contributed by atoms with Gasteiger partial charge in [0, 0.05) is 23.7 Å². The number of aromatic nitrogens is 1. The van der Waals surface area contributed by atoms with Crippen molar-refractivity contribution in [3.8, 4) is 5.75 Å². The first-order chi connectivity index (χ1) is 16.3. The highest BCUT2D eigenvalue weighted by Gasteiger charge is 2.27. The normalized spacial score (nSPS) is 13.9. The van der Waals surface area contributed by atoms with Gasteiger partial charge in [0.1, 0.15) is 12.4 Å². The maximum absolute atomic E-state index is 13.5. The number of aliphatic carboxylic acids is 1. The maximum atomic E-state index is 13.5. The van der Waals surface area contributed by atoms with Crippen LogP contribution in [0.1, 0.15) is 48.1 Å². The molecule has 0 spiro atoms. The third-order valence-electron chi connectivity index (χ3n) is 5.79. The summed E-state index contributed by atoms with van der Waals surface area (Å²) in [6, 6.07) is 10.00. The number of fused-ring (bicyclic) bond motifs is 1. The molecule has 0 aliphatic heterocycles. The lowest BCUT2D eigenvalue weighted by Gasteiger charge is -2.29. The second-order valence-corrected chi connectivity index (χ2v) is 11.0. The number of thiazole rings is 1. The van der Waals surface area contributed by atoms with Crippen LogP contribution in [0.3, 0.4) is 0 Å². The van der Waals surface area contributed by atoms with Crippen LogP contribution in [-0.4, -0.2) is 26.3 Å². The van der Waals surface area contributed by atoms with Crippen LogP contribution in [0.2, 0.25) is 0 Å². The van der Waals surface area contributed by atoms with Crippen LogP contribution in [0.25, 0.3) is 6.08 Å². The Kier molecular flexibility index (Phi) is 7.48. The molecule has 4 rings (SSSR count). The van der Waals surface area contributed by atoms with E-state index in [4.69, 9.17) is 9.84 Å². The Bertz CT molecular complexity index is 1240. The van der Waals surface area contributed by atoms with Gasteiger partial charge in [-0.05, 0) is 86.1 Å². The van der Waals surface area contributed by atoms with E-state index < -0.39 is 17.0 Å². The zero-order valence-corrected chi connectivity index (χ0v) is 21.1. The minimum Gasteiger partial charge on any atom is -0.487 e. The molecule has 1 aromatic heterocycles. The lowest BCUT2D eigenvalue weighted by molar-refractivity contribution is -0.131. The number of nitrogens with zero attached hydrogens (tertiary/aromatic N) is 2. The van der Waals surface area contributed by atoms with Crippen LogP contribution < -0.4 is 9.04 Å². The van der Waals surface area contributed by atoms with Crippen molar-refractivity contribution in [2.75, 3.05) is 4.31 Å². The monoisotopic (exact) mass is 496 g/mol. The average Bonchev–Trinajstić information content (AvgIpc) is 3.48. The predicted octanol–water partition coefficient (Wildman–Crippen LogP) is 5.55. The second-order valence-electron chi connectivity index (χ2n) is 8.56. The topological polar surface area (TPSA) is 79.7 Å². The summed E-state index contributed by atoms with van der Waals surface area (Å²) < 4.78 is 22.3. The van der Waals surface area contributed by atoms with Crippen LogP contribution in [0.5, 0.6) is 5.75 Å². The summed E-state index contributed by atoms with van der Waals surface area (Å²) in [6.45, 7) is 6.39. The van der Waals surface area contributed by atoms with E-state index in [-0.39, 0.29) is 6.04 Å². The van der Waals surface area contributed by atoms with Gasteiger partial charge < -0.3 is 9.84 Å². The van der Waals surface area contributed by atoms with Gasteiger partial charge in [0.2, 0.25) is 4.34 Å². The fraction of sp³-hybridized carbons (Fsp3) is 0.308. The molecule has 0 radical (unpaired) electrons. The summed E-state index contributed by atoms with van der Waals surface area (Å²) in [5.41, 5.74) is 6.25. The molecule has 1 unspecified atom stereocenters. The number of rotatable bonds is 9. The fourth-order valence-corrected chi connectivity index (χ4v) is 6.24. The van der Waals surface area contributed by atoms with Crippen molar-refractivity contribution in [1.82, 2.24) is 4.98 Å². The predicted molar refractivity (Wildman–Crippen MR) is 137 cm³/mol.